The summed E-state index contributed by atoms with van der Waals surface area (Å²) < 4.78 is 5.75. The monoisotopic (exact) mass is 302 g/mol. The van der Waals surface area contributed by atoms with Crippen LogP contribution in [-0.4, -0.2) is 54.5 Å². The van der Waals surface area contributed by atoms with Gasteiger partial charge >= 0.3 is 0 Å². The Kier molecular flexibility index (Phi) is 4.67. The number of carbonyl (C=O) groups is 1. The number of para-hydroxylation sites is 1. The van der Waals surface area contributed by atoms with Gasteiger partial charge in [0.25, 0.3) is 5.91 Å². The van der Waals surface area contributed by atoms with Gasteiger partial charge in [-0.3, -0.25) is 9.69 Å². The molecule has 1 amide bonds. The number of nitrogens with zero attached hydrogens (tertiary/aromatic N) is 2. The van der Waals surface area contributed by atoms with Crippen molar-refractivity contribution in [1.29, 1.82) is 0 Å². The molecule has 0 spiro atoms. The molecule has 2 aliphatic heterocycles. The average Bonchev–Trinajstić information content (AvgIpc) is 2.78. The quantitative estimate of drug-likeness (QED) is 0.857. The molecule has 1 aromatic carbocycles. The first-order valence-electron chi connectivity index (χ1n) is 8.43. The second-order valence-corrected chi connectivity index (χ2v) is 6.43. The largest absolute Gasteiger partial charge is 0.493 e. The highest BCUT2D eigenvalue weighted by Gasteiger charge is 2.36. The van der Waals surface area contributed by atoms with Crippen molar-refractivity contribution < 1.29 is 9.53 Å². The molecule has 2 fully saturated rings. The zero-order valence-corrected chi connectivity index (χ0v) is 13.6. The predicted octanol–water partition coefficient (Wildman–Crippen LogP) is 2.78. The first-order chi connectivity index (χ1) is 10.7. The van der Waals surface area contributed by atoms with Gasteiger partial charge in [-0.05, 0) is 44.9 Å². The Hall–Kier alpha value is -1.55. The molecule has 0 aliphatic carbocycles. The van der Waals surface area contributed by atoms with E-state index in [1.165, 1.54) is 12.8 Å². The fraction of sp³-hybridized carbons (Fsp3) is 0.611. The van der Waals surface area contributed by atoms with Crippen LogP contribution >= 0.6 is 0 Å². The molecule has 4 heteroatoms. The van der Waals surface area contributed by atoms with Crippen molar-refractivity contribution in [2.75, 3.05) is 26.7 Å². The molecule has 2 atom stereocenters. The summed E-state index contributed by atoms with van der Waals surface area (Å²) in [6, 6.07) is 8.80. The number of ether oxygens (including phenoxy) is 1. The molecule has 120 valence electrons. The van der Waals surface area contributed by atoms with Crippen LogP contribution in [-0.2, 0) is 0 Å². The summed E-state index contributed by atoms with van der Waals surface area (Å²) in [5.41, 5.74) is 0.705. The van der Waals surface area contributed by atoms with Crippen molar-refractivity contribution in [3.05, 3.63) is 29.8 Å². The number of hydrogen-bond donors (Lipinski definition) is 0. The molecule has 0 N–H and O–H groups in total. The summed E-state index contributed by atoms with van der Waals surface area (Å²) >= 11 is 0. The van der Waals surface area contributed by atoms with Crippen LogP contribution in [0.4, 0.5) is 0 Å². The van der Waals surface area contributed by atoms with E-state index in [4.69, 9.17) is 4.74 Å². The number of rotatable bonds is 4. The van der Waals surface area contributed by atoms with Gasteiger partial charge in [0, 0.05) is 25.2 Å². The first kappa shape index (κ1) is 15.3. The van der Waals surface area contributed by atoms with E-state index in [9.17, 15) is 4.79 Å². The van der Waals surface area contributed by atoms with Gasteiger partial charge in [0.05, 0.1) is 12.2 Å². The summed E-state index contributed by atoms with van der Waals surface area (Å²) in [5, 5.41) is 0. The van der Waals surface area contributed by atoms with Crippen molar-refractivity contribution >= 4 is 5.91 Å². The third-order valence-electron chi connectivity index (χ3n) is 5.01. The van der Waals surface area contributed by atoms with Crippen LogP contribution in [0.1, 0.15) is 43.0 Å². The minimum atomic E-state index is 0.118. The van der Waals surface area contributed by atoms with E-state index in [1.54, 1.807) is 0 Å². The van der Waals surface area contributed by atoms with Crippen molar-refractivity contribution in [3.8, 4) is 5.75 Å². The highest BCUT2D eigenvalue weighted by atomic mass is 16.5. The van der Waals surface area contributed by atoms with Gasteiger partial charge in [0.15, 0.2) is 0 Å². The number of likely N-dealkylation sites (N-methyl/N-ethyl adjacent to an activating group) is 1. The Morgan fingerprint density at radius 1 is 1.23 bits per heavy atom. The molecule has 0 aromatic heterocycles. The topological polar surface area (TPSA) is 32.8 Å². The smallest absolute Gasteiger partial charge is 0.257 e. The zero-order valence-electron chi connectivity index (χ0n) is 13.6. The molecule has 2 bridgehead atoms. The van der Waals surface area contributed by atoms with Crippen molar-refractivity contribution in [3.63, 3.8) is 0 Å². The molecule has 4 nitrogen and oxygen atoms in total. The van der Waals surface area contributed by atoms with Crippen LogP contribution in [0.3, 0.4) is 0 Å². The van der Waals surface area contributed by atoms with Crippen LogP contribution in [0, 0.1) is 0 Å². The minimum absolute atomic E-state index is 0.118. The lowest BCUT2D eigenvalue weighted by Gasteiger charge is -2.26. The normalized spacial score (nSPS) is 25.1. The number of benzene rings is 1. The Labute approximate surface area is 133 Å². The van der Waals surface area contributed by atoms with Crippen LogP contribution in [0.5, 0.6) is 5.75 Å². The highest BCUT2D eigenvalue weighted by Crippen LogP contribution is 2.30. The summed E-state index contributed by atoms with van der Waals surface area (Å²) in [6.45, 7) is 4.42. The van der Waals surface area contributed by atoms with Crippen LogP contribution in [0.15, 0.2) is 24.3 Å². The molecular formula is C18H26N2O2. The Morgan fingerprint density at radius 2 is 2.00 bits per heavy atom. The molecule has 0 radical (unpaired) electrons. The second-order valence-electron chi connectivity index (χ2n) is 6.43. The molecule has 2 heterocycles. The van der Waals surface area contributed by atoms with E-state index >= 15 is 0 Å². The lowest BCUT2D eigenvalue weighted by molar-refractivity contribution is 0.0736. The van der Waals surface area contributed by atoms with E-state index in [1.807, 2.05) is 29.2 Å². The lowest BCUT2D eigenvalue weighted by atomic mass is 10.1. The second kappa shape index (κ2) is 6.69. The van der Waals surface area contributed by atoms with E-state index < -0.39 is 0 Å². The first-order valence-corrected chi connectivity index (χ1v) is 8.43. The Balaban J connectivity index is 1.76. The van der Waals surface area contributed by atoms with Gasteiger partial charge < -0.3 is 9.64 Å². The molecule has 2 saturated heterocycles. The fourth-order valence-corrected chi connectivity index (χ4v) is 3.64. The molecule has 1 aromatic rings. The van der Waals surface area contributed by atoms with Crippen molar-refractivity contribution in [2.45, 2.75) is 44.7 Å². The standard InChI is InChI=1S/C18H26N2O2/c1-3-12-22-17-7-5-4-6-16(17)18(21)20-11-10-14-8-9-15(13-20)19(14)2/h4-7,14-15H,3,8-13H2,1-2H3/t14-,15+/m1/s1. The van der Waals surface area contributed by atoms with Gasteiger partial charge in [-0.15, -0.1) is 0 Å². The molecule has 3 rings (SSSR count). The molecule has 2 aliphatic rings. The van der Waals surface area contributed by atoms with Gasteiger partial charge in [-0.2, -0.15) is 0 Å². The summed E-state index contributed by atoms with van der Waals surface area (Å²) in [6.07, 6.45) is 4.51. The van der Waals surface area contributed by atoms with Crippen molar-refractivity contribution in [1.82, 2.24) is 9.80 Å². The van der Waals surface area contributed by atoms with E-state index in [0.717, 1.165) is 31.7 Å². The van der Waals surface area contributed by atoms with Crippen LogP contribution in [0.25, 0.3) is 0 Å². The molecule has 0 saturated carbocycles. The maximum absolute atomic E-state index is 12.9. The molecule has 22 heavy (non-hydrogen) atoms. The number of hydrogen-bond acceptors (Lipinski definition) is 3. The summed E-state index contributed by atoms with van der Waals surface area (Å²) in [7, 11) is 2.20. The van der Waals surface area contributed by atoms with E-state index in [0.29, 0.717) is 24.3 Å². The Morgan fingerprint density at radius 3 is 2.82 bits per heavy atom. The van der Waals surface area contributed by atoms with Crippen LogP contribution < -0.4 is 4.74 Å². The number of carbonyl (C=O) groups excluding carboxylic acids is 1. The highest BCUT2D eigenvalue weighted by molar-refractivity contribution is 5.97. The van der Waals surface area contributed by atoms with Crippen molar-refractivity contribution in [2.24, 2.45) is 0 Å². The molecule has 0 unspecified atom stereocenters. The number of fused-ring (bicyclic) bond motifs is 2. The summed E-state index contributed by atoms with van der Waals surface area (Å²) in [5.74, 6) is 0.838. The fourth-order valence-electron chi connectivity index (χ4n) is 3.64. The maximum atomic E-state index is 12.9. The SMILES string of the molecule is CCCOc1ccccc1C(=O)N1CC[C@H]2CC[C@@H](C1)N2C. The third kappa shape index (κ3) is 2.98. The average molecular weight is 302 g/mol. The summed E-state index contributed by atoms with van der Waals surface area (Å²) in [4.78, 5) is 17.4. The van der Waals surface area contributed by atoms with E-state index in [2.05, 4.69) is 18.9 Å². The van der Waals surface area contributed by atoms with Gasteiger partial charge in [0.2, 0.25) is 0 Å². The zero-order chi connectivity index (χ0) is 15.5. The molecular weight excluding hydrogens is 276 g/mol. The Bertz CT molecular complexity index is 532. The predicted molar refractivity (Wildman–Crippen MR) is 87.3 cm³/mol. The minimum Gasteiger partial charge on any atom is -0.493 e. The number of likely N-dealkylation sites (tertiary alicyclic amines) is 1. The third-order valence-corrected chi connectivity index (χ3v) is 5.01. The number of amides is 1. The van der Waals surface area contributed by atoms with Crippen LogP contribution in [0.2, 0.25) is 0 Å². The lowest BCUT2D eigenvalue weighted by Crippen LogP contribution is -2.39. The van der Waals surface area contributed by atoms with Gasteiger partial charge in [-0.25, -0.2) is 0 Å². The maximum Gasteiger partial charge on any atom is 0.257 e. The van der Waals surface area contributed by atoms with Gasteiger partial charge in [0.1, 0.15) is 5.75 Å². The van der Waals surface area contributed by atoms with Gasteiger partial charge in [-0.1, -0.05) is 19.1 Å². The van der Waals surface area contributed by atoms with E-state index in [-0.39, 0.29) is 5.91 Å².